The van der Waals surface area contributed by atoms with Crippen LogP contribution in [0.4, 0.5) is 5.69 Å². The van der Waals surface area contributed by atoms with Gasteiger partial charge in [0.05, 0.1) is 5.60 Å². The van der Waals surface area contributed by atoms with E-state index in [1.165, 1.54) is 11.3 Å². The third-order valence-electron chi connectivity index (χ3n) is 3.73. The van der Waals surface area contributed by atoms with Gasteiger partial charge in [-0.3, -0.25) is 4.18 Å². The molecule has 2 heterocycles. The first-order valence-corrected chi connectivity index (χ1v) is 8.03. The van der Waals surface area contributed by atoms with Crippen LogP contribution in [0.15, 0.2) is 24.3 Å². The molecule has 2 aromatic rings. The van der Waals surface area contributed by atoms with Crippen LogP contribution in [0.5, 0.6) is 0 Å². The fraction of sp³-hybridized carbons (Fsp3) is 0.312. The van der Waals surface area contributed by atoms with E-state index >= 15 is 0 Å². The number of anilines is 1. The van der Waals surface area contributed by atoms with E-state index < -0.39 is 12.0 Å². The molecule has 3 rings (SSSR count). The van der Waals surface area contributed by atoms with Gasteiger partial charge in [0.2, 0.25) is 6.41 Å². The summed E-state index contributed by atoms with van der Waals surface area (Å²) in [5.41, 5.74) is 3.73. The summed E-state index contributed by atoms with van der Waals surface area (Å²) in [5, 5.41) is 12.2. The Morgan fingerprint density at radius 1 is 1.41 bits per heavy atom. The molecule has 1 aromatic heterocycles. The lowest BCUT2D eigenvalue weighted by molar-refractivity contribution is -0.146. The van der Waals surface area contributed by atoms with Gasteiger partial charge < -0.3 is 10.1 Å². The maximum Gasteiger partial charge on any atom is 0.250 e. The second-order valence-electron chi connectivity index (χ2n) is 5.70. The van der Waals surface area contributed by atoms with Gasteiger partial charge in [-0.2, -0.15) is 5.26 Å². The van der Waals surface area contributed by atoms with Crippen LogP contribution in [0, 0.1) is 18.3 Å². The third-order valence-corrected chi connectivity index (χ3v) is 5.11. The van der Waals surface area contributed by atoms with Crippen molar-refractivity contribution in [3.63, 3.8) is 0 Å². The quantitative estimate of drug-likeness (QED) is 0.631. The van der Waals surface area contributed by atoms with E-state index in [9.17, 15) is 0 Å². The molecule has 4 nitrogen and oxygen atoms in total. The highest BCUT2D eigenvalue weighted by molar-refractivity contribution is 7.75. The zero-order valence-electron chi connectivity index (χ0n) is 12.5. The minimum absolute atomic E-state index is 0.493. The Morgan fingerprint density at radius 2 is 2.18 bits per heavy atom. The summed E-state index contributed by atoms with van der Waals surface area (Å²) < 4.78 is 10.8. The Hall–Kier alpha value is -1.52. The topological polar surface area (TPSA) is 54.3 Å². The summed E-state index contributed by atoms with van der Waals surface area (Å²) in [6.07, 6.45) is -0.578. The van der Waals surface area contributed by atoms with Crippen LogP contribution in [0.1, 0.15) is 29.9 Å². The van der Waals surface area contributed by atoms with Crippen LogP contribution >= 0.6 is 24.2 Å². The molecule has 1 aliphatic heterocycles. The molecule has 1 aromatic carbocycles. The van der Waals surface area contributed by atoms with Gasteiger partial charge in [0.25, 0.3) is 0 Å². The Balaban J connectivity index is 2.08. The number of fused-ring (bicyclic) bond motifs is 1. The average molecular weight is 332 g/mol. The molecular weight excluding hydrogens is 316 g/mol. The molecule has 0 saturated heterocycles. The van der Waals surface area contributed by atoms with Gasteiger partial charge in [-0.15, -0.1) is 11.3 Å². The maximum atomic E-state index is 9.06. The van der Waals surface area contributed by atoms with E-state index in [0.29, 0.717) is 0 Å². The van der Waals surface area contributed by atoms with Crippen molar-refractivity contribution in [2.75, 3.05) is 5.32 Å². The predicted octanol–water partition coefficient (Wildman–Crippen LogP) is 4.42. The van der Waals surface area contributed by atoms with E-state index in [-0.39, 0.29) is 0 Å². The average Bonchev–Trinajstić information content (AvgIpc) is 2.87. The zero-order valence-corrected chi connectivity index (χ0v) is 14.2. The lowest BCUT2D eigenvalue weighted by Gasteiger charge is -2.37. The highest BCUT2D eigenvalue weighted by Crippen LogP contribution is 2.41. The minimum Gasteiger partial charge on any atom is -0.336 e. The van der Waals surface area contributed by atoms with Crippen molar-refractivity contribution in [3.05, 3.63) is 40.3 Å². The normalized spacial score (nSPS) is 19.1. The Bertz CT molecular complexity index is 762. The van der Waals surface area contributed by atoms with Crippen molar-refractivity contribution >= 4 is 29.9 Å². The van der Waals surface area contributed by atoms with Gasteiger partial charge in [-0.1, -0.05) is 6.07 Å². The number of rotatable bonds is 2. The van der Waals surface area contributed by atoms with Crippen molar-refractivity contribution in [1.29, 1.82) is 5.26 Å². The van der Waals surface area contributed by atoms with E-state index in [1.807, 2.05) is 39.0 Å². The summed E-state index contributed by atoms with van der Waals surface area (Å²) in [6.45, 7) is 6.02. The first-order chi connectivity index (χ1) is 10.4. The number of hydrogen-bond donors (Lipinski definition) is 2. The maximum absolute atomic E-state index is 9.06. The standard InChI is InChI=1S/C16H16N2O2S2/c1-9-6-11(8-17)22-14(9)10-4-5-13-12(7-10)16(2,3)19-15(18-13)20-21/h4-7,15,18,21H,1-3H3. The Kier molecular flexibility index (Phi) is 3.91. The van der Waals surface area contributed by atoms with Crippen LogP contribution in [0.25, 0.3) is 10.4 Å². The van der Waals surface area contributed by atoms with Crippen molar-refractivity contribution in [2.45, 2.75) is 32.8 Å². The molecule has 22 heavy (non-hydrogen) atoms. The van der Waals surface area contributed by atoms with Gasteiger partial charge in [0.15, 0.2) is 0 Å². The molecule has 0 fully saturated rings. The first kappa shape index (κ1) is 15.4. The third kappa shape index (κ3) is 2.61. The minimum atomic E-state index is -0.578. The molecule has 0 bridgehead atoms. The van der Waals surface area contributed by atoms with Gasteiger partial charge >= 0.3 is 0 Å². The van der Waals surface area contributed by atoms with Crippen LogP contribution in [-0.4, -0.2) is 6.41 Å². The zero-order chi connectivity index (χ0) is 15.9. The van der Waals surface area contributed by atoms with E-state index in [1.54, 1.807) is 0 Å². The van der Waals surface area contributed by atoms with E-state index in [4.69, 9.17) is 14.2 Å². The number of benzene rings is 1. The number of ether oxygens (including phenoxy) is 1. The fourth-order valence-corrected chi connectivity index (χ4v) is 3.73. The van der Waals surface area contributed by atoms with Crippen LogP contribution in [-0.2, 0) is 14.5 Å². The molecule has 6 heteroatoms. The number of aryl methyl sites for hydroxylation is 1. The van der Waals surface area contributed by atoms with Crippen molar-refractivity contribution < 1.29 is 8.92 Å². The highest BCUT2D eigenvalue weighted by atomic mass is 32.1. The molecule has 1 unspecified atom stereocenters. The highest BCUT2D eigenvalue weighted by Gasteiger charge is 2.34. The lowest BCUT2D eigenvalue weighted by atomic mass is 9.92. The van der Waals surface area contributed by atoms with Gasteiger partial charge in [-0.25, -0.2) is 0 Å². The molecule has 1 aliphatic rings. The summed E-state index contributed by atoms with van der Waals surface area (Å²) in [6, 6.07) is 10.3. The number of hydrogen-bond acceptors (Lipinski definition) is 6. The Morgan fingerprint density at radius 3 is 2.82 bits per heavy atom. The smallest absolute Gasteiger partial charge is 0.250 e. The SMILES string of the molecule is Cc1cc(C#N)sc1-c1ccc2c(c1)C(C)(C)OC(OS)N2. The molecular formula is C16H16N2O2S2. The number of nitrogens with one attached hydrogen (secondary N) is 1. The summed E-state index contributed by atoms with van der Waals surface area (Å²) >= 11 is 5.33. The van der Waals surface area contributed by atoms with Gasteiger partial charge in [-0.05, 0) is 63.0 Å². The largest absolute Gasteiger partial charge is 0.336 e. The fourth-order valence-electron chi connectivity index (χ4n) is 2.67. The molecule has 1 N–H and O–H groups in total. The van der Waals surface area contributed by atoms with E-state index in [0.717, 1.165) is 32.1 Å². The van der Waals surface area contributed by atoms with Crippen molar-refractivity contribution in [1.82, 2.24) is 0 Å². The van der Waals surface area contributed by atoms with Crippen molar-refractivity contribution in [3.8, 4) is 16.5 Å². The lowest BCUT2D eigenvalue weighted by Crippen LogP contribution is -2.39. The monoisotopic (exact) mass is 332 g/mol. The number of nitriles is 1. The number of thiophene rings is 1. The predicted molar refractivity (Wildman–Crippen MR) is 90.8 cm³/mol. The second kappa shape index (κ2) is 5.60. The van der Waals surface area contributed by atoms with Crippen LogP contribution in [0.3, 0.4) is 0 Å². The first-order valence-electron chi connectivity index (χ1n) is 6.84. The summed E-state index contributed by atoms with van der Waals surface area (Å²) in [5.74, 6) is 0. The molecule has 0 saturated carbocycles. The van der Waals surface area contributed by atoms with Crippen molar-refractivity contribution in [2.24, 2.45) is 0 Å². The van der Waals surface area contributed by atoms with Gasteiger partial charge in [0, 0.05) is 16.1 Å². The van der Waals surface area contributed by atoms with Crippen LogP contribution in [0.2, 0.25) is 0 Å². The summed E-state index contributed by atoms with van der Waals surface area (Å²) in [7, 11) is 0. The van der Waals surface area contributed by atoms with Gasteiger partial charge in [0.1, 0.15) is 10.9 Å². The van der Waals surface area contributed by atoms with Crippen LogP contribution < -0.4 is 5.32 Å². The second-order valence-corrected chi connectivity index (χ2v) is 6.97. The van der Waals surface area contributed by atoms with E-state index in [2.05, 4.69) is 30.4 Å². The number of thiol groups is 1. The molecule has 0 radical (unpaired) electrons. The number of nitrogens with zero attached hydrogens (tertiary/aromatic N) is 1. The Labute approximate surface area is 139 Å². The molecule has 114 valence electrons. The molecule has 1 atom stereocenters. The molecule has 0 spiro atoms. The molecule has 0 amide bonds. The summed E-state index contributed by atoms with van der Waals surface area (Å²) in [4.78, 5) is 1.84. The molecule has 0 aliphatic carbocycles.